The summed E-state index contributed by atoms with van der Waals surface area (Å²) in [5.41, 5.74) is 2.38. The largest absolute Gasteiger partial charge is 0.497 e. The van der Waals surface area contributed by atoms with Crippen LogP contribution in [0.3, 0.4) is 0 Å². The molecule has 5 rings (SSSR count). The average Bonchev–Trinajstić information content (AvgIpc) is 3.55. The number of nitro groups is 1. The number of ether oxygens (including phenoxy) is 3. The van der Waals surface area contributed by atoms with E-state index in [-0.39, 0.29) is 29.0 Å². The molecule has 0 fully saturated rings. The Bertz CT molecular complexity index is 1930. The fraction of sp³-hybridized carbons (Fsp3) is 0.233. The number of esters is 1. The highest BCUT2D eigenvalue weighted by molar-refractivity contribution is 5.91. The van der Waals surface area contributed by atoms with E-state index in [0.717, 1.165) is 5.56 Å². The van der Waals surface area contributed by atoms with Gasteiger partial charge in [-0.3, -0.25) is 14.9 Å². The van der Waals surface area contributed by atoms with Crippen LogP contribution >= 0.6 is 0 Å². The maximum Gasteiger partial charge on any atom is 0.338 e. The van der Waals surface area contributed by atoms with Crippen molar-refractivity contribution in [2.75, 3.05) is 20.8 Å². The molecule has 0 radical (unpaired) electrons. The zero-order chi connectivity index (χ0) is 30.1. The Labute approximate surface area is 239 Å². The number of rotatable bonds is 8. The van der Waals surface area contributed by atoms with E-state index in [1.165, 1.54) is 30.9 Å². The molecular formula is C30H28N4O8. The number of hydrogen-bond acceptors (Lipinski definition) is 9. The lowest BCUT2D eigenvalue weighted by Crippen LogP contribution is -2.40. The van der Waals surface area contributed by atoms with Crippen molar-refractivity contribution in [1.29, 1.82) is 0 Å². The van der Waals surface area contributed by atoms with Crippen molar-refractivity contribution in [1.82, 2.24) is 9.55 Å². The molecule has 216 valence electrons. The lowest BCUT2D eigenvalue weighted by Gasteiger charge is -2.25. The van der Waals surface area contributed by atoms with Crippen LogP contribution in [-0.2, 0) is 9.53 Å². The quantitative estimate of drug-likeness (QED) is 0.191. The molecule has 0 amide bonds. The third-order valence-corrected chi connectivity index (χ3v) is 6.88. The molecule has 0 aliphatic carbocycles. The van der Waals surface area contributed by atoms with E-state index >= 15 is 0 Å². The van der Waals surface area contributed by atoms with Gasteiger partial charge in [-0.15, -0.1) is 0 Å². The maximum absolute atomic E-state index is 13.9. The molecule has 2 aromatic heterocycles. The Morgan fingerprint density at radius 2 is 1.93 bits per heavy atom. The third kappa shape index (κ3) is 4.98. The summed E-state index contributed by atoms with van der Waals surface area (Å²) in [6, 6.07) is 12.4. The molecule has 0 spiro atoms. The molecule has 0 saturated carbocycles. The number of carbonyl (C=O) groups excluding carboxylic acids is 1. The molecule has 2 aromatic carbocycles. The number of nitrogens with one attached hydrogen (secondary N) is 1. The Hall–Kier alpha value is -5.39. The van der Waals surface area contributed by atoms with E-state index in [1.54, 1.807) is 63.2 Å². The predicted octanol–water partition coefficient (Wildman–Crippen LogP) is 3.56. The van der Waals surface area contributed by atoms with Crippen LogP contribution in [0.15, 0.2) is 74.0 Å². The molecule has 42 heavy (non-hydrogen) atoms. The highest BCUT2D eigenvalue weighted by Crippen LogP contribution is 2.37. The minimum atomic E-state index is -0.991. The molecule has 1 aliphatic rings. The number of hydrogen-bond donors (Lipinski definition) is 1. The summed E-state index contributed by atoms with van der Waals surface area (Å²) in [5.74, 6) is 0.269. The standard InChI is InChI=1S/C30H28N4O8/c1-6-41-29(36)26-17(3)31-30-33(27(26)21-15-19(39-4)9-12-24(21)40-5)28(35)25(42-30)14-18-8-11-22(32-18)20-10-7-16(2)13-23(20)34(37)38/h7-15,27,32H,6H2,1-5H3/b25-14-. The second-order valence-corrected chi connectivity index (χ2v) is 9.52. The van der Waals surface area contributed by atoms with Gasteiger partial charge in [0.15, 0.2) is 5.42 Å². The molecule has 1 aliphatic heterocycles. The summed E-state index contributed by atoms with van der Waals surface area (Å²) in [5, 5.41) is 11.6. The van der Waals surface area contributed by atoms with Crippen molar-refractivity contribution in [2.24, 2.45) is 4.99 Å². The fourth-order valence-electron chi connectivity index (χ4n) is 4.95. The predicted molar refractivity (Wildman–Crippen MR) is 152 cm³/mol. The number of H-pyrrole nitrogens is 1. The molecule has 0 bridgehead atoms. The summed E-state index contributed by atoms with van der Waals surface area (Å²) in [7, 11) is 2.99. The van der Waals surface area contributed by atoms with Gasteiger partial charge in [0, 0.05) is 23.4 Å². The SMILES string of the molecule is CCOC(=O)C1=C(C)N=c2o/c(=C\c3ccc(-c4ccc(C)cc4[N+](=O)[O-])[nH]3)c(=O)n2C1c1cc(OC)ccc1OC. The second kappa shape index (κ2) is 11.2. The maximum atomic E-state index is 13.9. The van der Waals surface area contributed by atoms with Gasteiger partial charge in [-0.25, -0.2) is 14.4 Å². The lowest BCUT2D eigenvalue weighted by atomic mass is 9.94. The number of aryl methyl sites for hydroxylation is 1. The van der Waals surface area contributed by atoms with Crippen LogP contribution in [0, 0.1) is 17.0 Å². The monoisotopic (exact) mass is 572 g/mol. The van der Waals surface area contributed by atoms with Crippen LogP contribution in [0.25, 0.3) is 17.3 Å². The topological polar surface area (TPSA) is 151 Å². The molecule has 4 aromatic rings. The first-order valence-electron chi connectivity index (χ1n) is 13.0. The molecule has 12 nitrogen and oxygen atoms in total. The summed E-state index contributed by atoms with van der Waals surface area (Å²) < 4.78 is 23.5. The summed E-state index contributed by atoms with van der Waals surface area (Å²) in [4.78, 5) is 45.8. The van der Waals surface area contributed by atoms with Crippen LogP contribution < -0.4 is 26.1 Å². The van der Waals surface area contributed by atoms with Gasteiger partial charge in [0.05, 0.1) is 48.3 Å². The van der Waals surface area contributed by atoms with Gasteiger partial charge in [0.1, 0.15) is 17.5 Å². The molecule has 1 N–H and O–H groups in total. The van der Waals surface area contributed by atoms with Gasteiger partial charge < -0.3 is 23.6 Å². The highest BCUT2D eigenvalue weighted by Gasteiger charge is 2.36. The Morgan fingerprint density at radius 3 is 2.62 bits per heavy atom. The van der Waals surface area contributed by atoms with Crippen molar-refractivity contribution in [3.05, 3.63) is 108 Å². The Morgan fingerprint density at radius 1 is 1.14 bits per heavy atom. The highest BCUT2D eigenvalue weighted by atomic mass is 16.6. The van der Waals surface area contributed by atoms with Crippen LogP contribution in [-0.4, -0.2) is 41.3 Å². The minimum Gasteiger partial charge on any atom is -0.497 e. The number of aromatic nitrogens is 2. The zero-order valence-corrected chi connectivity index (χ0v) is 23.6. The van der Waals surface area contributed by atoms with E-state index < -0.39 is 22.5 Å². The molecule has 3 heterocycles. The number of allylic oxidation sites excluding steroid dienone is 1. The van der Waals surface area contributed by atoms with Crippen molar-refractivity contribution in [2.45, 2.75) is 26.8 Å². The second-order valence-electron chi connectivity index (χ2n) is 9.52. The zero-order valence-electron chi connectivity index (χ0n) is 23.6. The first-order chi connectivity index (χ1) is 20.2. The first-order valence-corrected chi connectivity index (χ1v) is 13.0. The minimum absolute atomic E-state index is 0.0207. The molecular weight excluding hydrogens is 544 g/mol. The van der Waals surface area contributed by atoms with Crippen molar-refractivity contribution in [3.8, 4) is 22.8 Å². The van der Waals surface area contributed by atoms with Gasteiger partial charge in [-0.2, -0.15) is 0 Å². The van der Waals surface area contributed by atoms with Gasteiger partial charge in [0.2, 0.25) is 0 Å². The van der Waals surface area contributed by atoms with Crippen LogP contribution in [0.1, 0.15) is 36.7 Å². The number of aromatic amines is 1. The molecule has 1 atom stereocenters. The number of benzene rings is 2. The van der Waals surface area contributed by atoms with Gasteiger partial charge in [0.25, 0.3) is 11.2 Å². The number of nitro benzene ring substituents is 1. The lowest BCUT2D eigenvalue weighted by molar-refractivity contribution is -0.384. The van der Waals surface area contributed by atoms with Gasteiger partial charge in [-0.05, 0) is 62.7 Å². The molecule has 1 unspecified atom stereocenters. The number of carbonyl (C=O) groups is 1. The summed E-state index contributed by atoms with van der Waals surface area (Å²) >= 11 is 0. The van der Waals surface area contributed by atoms with Gasteiger partial charge in [-0.1, -0.05) is 6.07 Å². The first kappa shape index (κ1) is 28.1. The molecule has 12 heteroatoms. The summed E-state index contributed by atoms with van der Waals surface area (Å²) in [6.07, 6.45) is 1.48. The number of methoxy groups -OCH3 is 2. The van der Waals surface area contributed by atoms with Crippen molar-refractivity contribution in [3.63, 3.8) is 0 Å². The van der Waals surface area contributed by atoms with Crippen LogP contribution in [0.4, 0.5) is 5.69 Å². The van der Waals surface area contributed by atoms with Crippen LogP contribution in [0.5, 0.6) is 11.5 Å². The van der Waals surface area contributed by atoms with Crippen molar-refractivity contribution >= 4 is 17.7 Å². The van der Waals surface area contributed by atoms with E-state index in [2.05, 4.69) is 9.98 Å². The average molecular weight is 573 g/mol. The number of oxazole rings is 1. The fourth-order valence-corrected chi connectivity index (χ4v) is 4.95. The van der Waals surface area contributed by atoms with E-state index in [1.807, 2.05) is 0 Å². The Balaban J connectivity index is 1.68. The smallest absolute Gasteiger partial charge is 0.338 e. The molecule has 0 saturated heterocycles. The number of nitrogens with zero attached hydrogens (tertiary/aromatic N) is 3. The Kier molecular flexibility index (Phi) is 7.53. The third-order valence-electron chi connectivity index (χ3n) is 6.88. The van der Waals surface area contributed by atoms with E-state index in [0.29, 0.717) is 39.7 Å². The van der Waals surface area contributed by atoms with Crippen molar-refractivity contribution < 1.29 is 28.3 Å². The van der Waals surface area contributed by atoms with Gasteiger partial charge >= 0.3 is 11.7 Å². The normalized spacial score (nSPS) is 14.8. The van der Waals surface area contributed by atoms with Crippen LogP contribution in [0.2, 0.25) is 0 Å². The number of fused-ring (bicyclic) bond motifs is 1. The van der Waals surface area contributed by atoms with E-state index in [4.69, 9.17) is 18.6 Å². The summed E-state index contributed by atoms with van der Waals surface area (Å²) in [6.45, 7) is 5.23. The van der Waals surface area contributed by atoms with E-state index in [9.17, 15) is 19.7 Å².